The Kier molecular flexibility index (Phi) is 8.33. The van der Waals surface area contributed by atoms with Crippen LogP contribution < -0.4 is 11.1 Å². The van der Waals surface area contributed by atoms with E-state index >= 15 is 0 Å². The average Bonchev–Trinajstić information content (AvgIpc) is 2.25. The molecule has 0 rings (SSSR count). The Balaban J connectivity index is 3.77. The van der Waals surface area contributed by atoms with Crippen LogP contribution >= 0.6 is 0 Å². The highest BCUT2D eigenvalue weighted by Crippen LogP contribution is 1.99. The molecule has 0 aromatic rings. The number of carbonyl (C=O) groups is 1. The lowest BCUT2D eigenvalue weighted by Gasteiger charge is -2.18. The van der Waals surface area contributed by atoms with Crippen molar-refractivity contribution in [2.45, 2.75) is 51.6 Å². The molecule has 0 heterocycles. The lowest BCUT2D eigenvalue weighted by Crippen LogP contribution is -2.45. The average molecular weight is 216 g/mol. The van der Waals surface area contributed by atoms with Gasteiger partial charge in [-0.25, -0.2) is 0 Å². The number of carbonyl (C=O) groups excluding carboxylic acids is 1. The van der Waals surface area contributed by atoms with Crippen molar-refractivity contribution in [2.24, 2.45) is 5.73 Å². The third-order valence-electron chi connectivity index (χ3n) is 2.53. The molecule has 4 nitrogen and oxygen atoms in total. The Morgan fingerprint density at radius 3 is 2.47 bits per heavy atom. The summed E-state index contributed by atoms with van der Waals surface area (Å²) in [6.45, 7) is 4.78. The quantitative estimate of drug-likeness (QED) is 0.596. The van der Waals surface area contributed by atoms with E-state index in [1.165, 1.54) is 0 Å². The second-order valence-corrected chi connectivity index (χ2v) is 3.76. The normalized spacial score (nSPS) is 12.9. The van der Waals surface area contributed by atoms with Gasteiger partial charge in [0.1, 0.15) is 0 Å². The molecule has 0 aliphatic heterocycles. The summed E-state index contributed by atoms with van der Waals surface area (Å²) in [5.74, 6) is -0.0418. The molecule has 0 fully saturated rings. The van der Waals surface area contributed by atoms with Gasteiger partial charge in [-0.1, -0.05) is 13.8 Å². The maximum Gasteiger partial charge on any atom is 0.237 e. The van der Waals surface area contributed by atoms with Crippen LogP contribution in [0.1, 0.15) is 39.5 Å². The molecule has 0 aromatic heterocycles. The van der Waals surface area contributed by atoms with Gasteiger partial charge in [0.25, 0.3) is 0 Å². The zero-order valence-corrected chi connectivity index (χ0v) is 10.1. The number of nitrogens with two attached hydrogens (primary N) is 1. The molecular formula is C11H24N2O2. The summed E-state index contributed by atoms with van der Waals surface area (Å²) in [4.78, 5) is 11.6. The van der Waals surface area contributed by atoms with Gasteiger partial charge in [0, 0.05) is 19.8 Å². The summed E-state index contributed by atoms with van der Waals surface area (Å²) in [6, 6.07) is -0.147. The van der Waals surface area contributed by atoms with Crippen LogP contribution in [0, 0.1) is 0 Å². The first kappa shape index (κ1) is 14.4. The van der Waals surface area contributed by atoms with E-state index in [-0.39, 0.29) is 11.9 Å². The van der Waals surface area contributed by atoms with Crippen LogP contribution in [0.3, 0.4) is 0 Å². The summed E-state index contributed by atoms with van der Waals surface area (Å²) in [5.41, 5.74) is 5.75. The third-order valence-corrected chi connectivity index (χ3v) is 2.53. The molecule has 4 heteroatoms. The minimum Gasteiger partial charge on any atom is -0.385 e. The minimum atomic E-state index is -0.402. The van der Waals surface area contributed by atoms with Crippen molar-refractivity contribution in [3.8, 4) is 0 Å². The highest BCUT2D eigenvalue weighted by Gasteiger charge is 2.15. The Morgan fingerprint density at radius 1 is 1.40 bits per heavy atom. The first-order chi connectivity index (χ1) is 7.15. The largest absolute Gasteiger partial charge is 0.385 e. The van der Waals surface area contributed by atoms with Crippen molar-refractivity contribution in [3.05, 3.63) is 0 Å². The molecule has 1 atom stereocenters. The molecule has 0 bridgehead atoms. The van der Waals surface area contributed by atoms with Crippen molar-refractivity contribution in [3.63, 3.8) is 0 Å². The first-order valence-electron chi connectivity index (χ1n) is 5.70. The predicted octanol–water partition coefficient (Wildman–Crippen LogP) is 1.05. The zero-order valence-electron chi connectivity index (χ0n) is 10.1. The van der Waals surface area contributed by atoms with Crippen LogP contribution in [-0.4, -0.2) is 31.7 Å². The summed E-state index contributed by atoms with van der Waals surface area (Å²) in [6.07, 6.45) is 3.41. The van der Waals surface area contributed by atoms with E-state index in [1.807, 2.05) is 0 Å². The SMILES string of the molecule is CCC(CC)NC(=O)C(N)CCCOC. The molecule has 90 valence electrons. The molecule has 0 aliphatic rings. The minimum absolute atomic E-state index is 0.0418. The summed E-state index contributed by atoms with van der Waals surface area (Å²) >= 11 is 0. The molecule has 15 heavy (non-hydrogen) atoms. The summed E-state index contributed by atoms with van der Waals surface area (Å²) in [7, 11) is 1.65. The fourth-order valence-corrected chi connectivity index (χ4v) is 1.38. The monoisotopic (exact) mass is 216 g/mol. The number of rotatable bonds is 8. The van der Waals surface area contributed by atoms with Gasteiger partial charge < -0.3 is 15.8 Å². The fourth-order valence-electron chi connectivity index (χ4n) is 1.38. The van der Waals surface area contributed by atoms with Gasteiger partial charge in [-0.3, -0.25) is 4.79 Å². The van der Waals surface area contributed by atoms with E-state index in [0.29, 0.717) is 13.0 Å². The second kappa shape index (κ2) is 8.68. The molecule has 0 saturated carbocycles. The van der Waals surface area contributed by atoms with Crippen LogP contribution in [0.4, 0.5) is 0 Å². The maximum absolute atomic E-state index is 11.6. The number of hydrogen-bond acceptors (Lipinski definition) is 3. The summed E-state index contributed by atoms with van der Waals surface area (Å²) in [5, 5.41) is 2.94. The molecule has 1 amide bonds. The van der Waals surface area contributed by atoms with Gasteiger partial charge in [-0.2, -0.15) is 0 Å². The molecular weight excluding hydrogens is 192 g/mol. The smallest absolute Gasteiger partial charge is 0.237 e. The van der Waals surface area contributed by atoms with E-state index in [9.17, 15) is 4.79 Å². The Morgan fingerprint density at radius 2 is 2.00 bits per heavy atom. The van der Waals surface area contributed by atoms with Crippen LogP contribution in [-0.2, 0) is 9.53 Å². The van der Waals surface area contributed by atoms with Crippen LogP contribution in [0.5, 0.6) is 0 Å². The Hall–Kier alpha value is -0.610. The van der Waals surface area contributed by atoms with Crippen molar-refractivity contribution in [1.82, 2.24) is 5.32 Å². The van der Waals surface area contributed by atoms with E-state index in [2.05, 4.69) is 19.2 Å². The van der Waals surface area contributed by atoms with Crippen LogP contribution in [0.2, 0.25) is 0 Å². The highest BCUT2D eigenvalue weighted by molar-refractivity contribution is 5.81. The van der Waals surface area contributed by atoms with Gasteiger partial charge in [0.05, 0.1) is 6.04 Å². The number of ether oxygens (including phenoxy) is 1. The molecule has 3 N–H and O–H groups in total. The number of nitrogens with one attached hydrogen (secondary N) is 1. The molecule has 0 aromatic carbocycles. The summed E-state index contributed by atoms with van der Waals surface area (Å²) < 4.78 is 4.91. The maximum atomic E-state index is 11.6. The topological polar surface area (TPSA) is 64.4 Å². The fraction of sp³-hybridized carbons (Fsp3) is 0.909. The first-order valence-corrected chi connectivity index (χ1v) is 5.70. The van der Waals surface area contributed by atoms with E-state index in [1.54, 1.807) is 7.11 Å². The van der Waals surface area contributed by atoms with Gasteiger partial charge >= 0.3 is 0 Å². The lowest BCUT2D eigenvalue weighted by molar-refractivity contribution is -0.123. The number of amides is 1. The molecule has 0 spiro atoms. The lowest BCUT2D eigenvalue weighted by atomic mass is 10.1. The van der Waals surface area contributed by atoms with Crippen LogP contribution in [0.15, 0.2) is 0 Å². The number of methoxy groups -OCH3 is 1. The van der Waals surface area contributed by atoms with E-state index in [0.717, 1.165) is 19.3 Å². The molecule has 0 aliphatic carbocycles. The molecule has 0 saturated heterocycles. The van der Waals surface area contributed by atoms with Crippen molar-refractivity contribution in [2.75, 3.05) is 13.7 Å². The van der Waals surface area contributed by atoms with Crippen molar-refractivity contribution < 1.29 is 9.53 Å². The Bertz CT molecular complexity index is 170. The van der Waals surface area contributed by atoms with Gasteiger partial charge in [0.15, 0.2) is 0 Å². The van der Waals surface area contributed by atoms with Crippen LogP contribution in [0.25, 0.3) is 0 Å². The molecule has 0 radical (unpaired) electrons. The van der Waals surface area contributed by atoms with Gasteiger partial charge in [0.2, 0.25) is 5.91 Å². The number of hydrogen-bond donors (Lipinski definition) is 2. The van der Waals surface area contributed by atoms with E-state index in [4.69, 9.17) is 10.5 Å². The van der Waals surface area contributed by atoms with E-state index < -0.39 is 6.04 Å². The van der Waals surface area contributed by atoms with Gasteiger partial charge in [-0.15, -0.1) is 0 Å². The van der Waals surface area contributed by atoms with Crippen molar-refractivity contribution >= 4 is 5.91 Å². The van der Waals surface area contributed by atoms with Gasteiger partial charge in [-0.05, 0) is 25.7 Å². The Labute approximate surface area is 92.6 Å². The second-order valence-electron chi connectivity index (χ2n) is 3.76. The highest BCUT2D eigenvalue weighted by atomic mass is 16.5. The zero-order chi connectivity index (χ0) is 11.7. The molecule has 1 unspecified atom stereocenters. The third kappa shape index (κ3) is 6.47. The standard InChI is InChI=1S/C11H24N2O2/c1-4-9(5-2)13-11(14)10(12)7-6-8-15-3/h9-10H,4-8,12H2,1-3H3,(H,13,14). The van der Waals surface area contributed by atoms with Crippen molar-refractivity contribution in [1.29, 1.82) is 0 Å². The predicted molar refractivity (Wildman–Crippen MR) is 61.6 cm³/mol.